The Hall–Kier alpha value is -1.60. The predicted molar refractivity (Wildman–Crippen MR) is 87.6 cm³/mol. The maximum Gasteiger partial charge on any atom is 0.191 e. The fourth-order valence-corrected chi connectivity index (χ4v) is 2.35. The molecule has 2 rings (SSSR count). The van der Waals surface area contributed by atoms with E-state index < -0.39 is 0 Å². The molecule has 0 fully saturated rings. The van der Waals surface area contributed by atoms with E-state index in [-0.39, 0.29) is 6.04 Å². The summed E-state index contributed by atoms with van der Waals surface area (Å²) < 4.78 is 8.11. The lowest BCUT2D eigenvalue weighted by molar-refractivity contribution is 0.179. The zero-order chi connectivity index (χ0) is 15.2. The highest BCUT2D eigenvalue weighted by molar-refractivity contribution is 9.10. The van der Waals surface area contributed by atoms with Gasteiger partial charge < -0.3 is 19.8 Å². The molecular formula is C14H20BrN5O. The Morgan fingerprint density at radius 3 is 3.00 bits per heavy atom. The molecule has 7 heteroatoms. The third-order valence-corrected chi connectivity index (χ3v) is 3.39. The summed E-state index contributed by atoms with van der Waals surface area (Å²) in [5, 5.41) is 6.50. The molecule has 0 aliphatic carbocycles. The van der Waals surface area contributed by atoms with Crippen LogP contribution < -0.4 is 10.6 Å². The van der Waals surface area contributed by atoms with E-state index in [1.165, 1.54) is 0 Å². The number of halogens is 1. The third kappa shape index (κ3) is 4.44. The molecule has 114 valence electrons. The van der Waals surface area contributed by atoms with Gasteiger partial charge in [0.2, 0.25) is 0 Å². The summed E-state index contributed by atoms with van der Waals surface area (Å²) in [6.07, 6.45) is 3.98. The molecule has 6 nitrogen and oxygen atoms in total. The number of hydrogen-bond acceptors (Lipinski definition) is 3. The summed E-state index contributed by atoms with van der Waals surface area (Å²) in [7, 11) is 3.43. The van der Waals surface area contributed by atoms with Gasteiger partial charge in [-0.25, -0.2) is 4.98 Å². The van der Waals surface area contributed by atoms with E-state index in [0.29, 0.717) is 13.2 Å². The molecule has 21 heavy (non-hydrogen) atoms. The number of guanidine groups is 1. The number of aromatic nitrogens is 2. The summed E-state index contributed by atoms with van der Waals surface area (Å²) in [4.78, 5) is 8.74. The van der Waals surface area contributed by atoms with Gasteiger partial charge in [-0.1, -0.05) is 0 Å². The molecule has 0 saturated carbocycles. The Bertz CT molecular complexity index is 625. The number of methoxy groups -OCH3 is 1. The summed E-state index contributed by atoms with van der Waals surface area (Å²) in [5.41, 5.74) is 1.88. The number of ether oxygens (including phenoxy) is 1. The Kier molecular flexibility index (Phi) is 5.58. The van der Waals surface area contributed by atoms with E-state index in [1.807, 2.05) is 35.9 Å². The van der Waals surface area contributed by atoms with Crippen LogP contribution in [0.1, 0.15) is 12.6 Å². The van der Waals surface area contributed by atoms with Gasteiger partial charge in [0.15, 0.2) is 5.96 Å². The van der Waals surface area contributed by atoms with E-state index in [2.05, 4.69) is 36.5 Å². The van der Waals surface area contributed by atoms with Crippen molar-refractivity contribution in [2.24, 2.45) is 4.99 Å². The molecule has 2 aromatic rings. The topological polar surface area (TPSA) is 63.0 Å². The Morgan fingerprint density at radius 2 is 2.29 bits per heavy atom. The molecule has 0 spiro atoms. The number of pyridine rings is 1. The van der Waals surface area contributed by atoms with Crippen LogP contribution in [-0.2, 0) is 11.3 Å². The molecule has 0 aliphatic heterocycles. The minimum absolute atomic E-state index is 0.193. The molecule has 0 bridgehead atoms. The Balaban J connectivity index is 1.96. The first-order valence-corrected chi connectivity index (χ1v) is 7.51. The third-order valence-electron chi connectivity index (χ3n) is 2.93. The molecule has 1 atom stereocenters. The van der Waals surface area contributed by atoms with Crippen molar-refractivity contribution in [3.05, 3.63) is 34.7 Å². The van der Waals surface area contributed by atoms with Gasteiger partial charge in [-0.3, -0.25) is 4.99 Å². The monoisotopic (exact) mass is 353 g/mol. The van der Waals surface area contributed by atoms with Crippen molar-refractivity contribution in [1.29, 1.82) is 0 Å². The fourth-order valence-electron chi connectivity index (χ4n) is 2.00. The average Bonchev–Trinajstić information content (AvgIpc) is 2.85. The summed E-state index contributed by atoms with van der Waals surface area (Å²) >= 11 is 3.45. The van der Waals surface area contributed by atoms with Gasteiger partial charge in [0.05, 0.1) is 18.8 Å². The van der Waals surface area contributed by atoms with Gasteiger partial charge in [-0.2, -0.15) is 0 Å². The normalized spacial score (nSPS) is 13.4. The number of imidazole rings is 1. The van der Waals surface area contributed by atoms with Crippen LogP contribution in [0.5, 0.6) is 0 Å². The van der Waals surface area contributed by atoms with Crippen LogP contribution in [0.3, 0.4) is 0 Å². The van der Waals surface area contributed by atoms with Crippen LogP contribution in [0.25, 0.3) is 5.65 Å². The SMILES string of the molecule is CN=C(NCc1cn2cc(Br)ccc2n1)NC(C)COC. The second kappa shape index (κ2) is 7.42. The van der Waals surface area contributed by atoms with Crippen LogP contribution in [0.2, 0.25) is 0 Å². The summed E-state index contributed by atoms with van der Waals surface area (Å²) in [6, 6.07) is 4.14. The minimum atomic E-state index is 0.193. The molecule has 0 aliphatic rings. The molecule has 0 amide bonds. The van der Waals surface area contributed by atoms with Crippen LogP contribution >= 0.6 is 15.9 Å². The second-order valence-electron chi connectivity index (χ2n) is 4.77. The molecule has 0 aromatic carbocycles. The number of aliphatic imine (C=N–C) groups is 1. The van der Waals surface area contributed by atoms with Crippen LogP contribution in [0, 0.1) is 0 Å². The number of nitrogens with zero attached hydrogens (tertiary/aromatic N) is 3. The highest BCUT2D eigenvalue weighted by Gasteiger charge is 2.06. The number of fused-ring (bicyclic) bond motifs is 1. The lowest BCUT2D eigenvalue weighted by Crippen LogP contribution is -2.43. The second-order valence-corrected chi connectivity index (χ2v) is 5.69. The fraction of sp³-hybridized carbons (Fsp3) is 0.429. The number of nitrogens with one attached hydrogen (secondary N) is 2. The lowest BCUT2D eigenvalue weighted by atomic mass is 10.4. The first-order valence-electron chi connectivity index (χ1n) is 6.71. The van der Waals surface area contributed by atoms with Crippen molar-refractivity contribution in [2.75, 3.05) is 20.8 Å². The van der Waals surface area contributed by atoms with Crippen LogP contribution in [0.15, 0.2) is 34.0 Å². The van der Waals surface area contributed by atoms with Crippen molar-refractivity contribution in [2.45, 2.75) is 19.5 Å². The summed E-state index contributed by atoms with van der Waals surface area (Å²) in [6.45, 7) is 3.28. The Morgan fingerprint density at radius 1 is 1.48 bits per heavy atom. The van der Waals surface area contributed by atoms with Gasteiger partial charge in [0.25, 0.3) is 0 Å². The van der Waals surface area contributed by atoms with E-state index in [1.54, 1.807) is 14.2 Å². The van der Waals surface area contributed by atoms with Gasteiger partial charge in [-0.05, 0) is 35.0 Å². The van der Waals surface area contributed by atoms with E-state index in [0.717, 1.165) is 21.8 Å². The number of rotatable bonds is 5. The van der Waals surface area contributed by atoms with E-state index in [9.17, 15) is 0 Å². The van der Waals surface area contributed by atoms with Crippen LogP contribution in [0.4, 0.5) is 0 Å². The highest BCUT2D eigenvalue weighted by atomic mass is 79.9. The lowest BCUT2D eigenvalue weighted by Gasteiger charge is -2.16. The van der Waals surface area contributed by atoms with Crippen molar-refractivity contribution in [3.63, 3.8) is 0 Å². The van der Waals surface area contributed by atoms with Crippen molar-refractivity contribution < 1.29 is 4.74 Å². The van der Waals surface area contributed by atoms with E-state index >= 15 is 0 Å². The van der Waals surface area contributed by atoms with Gasteiger partial charge in [-0.15, -0.1) is 0 Å². The van der Waals surface area contributed by atoms with Crippen molar-refractivity contribution >= 4 is 27.5 Å². The largest absolute Gasteiger partial charge is 0.383 e. The molecule has 2 heterocycles. The first-order chi connectivity index (χ1) is 10.1. The van der Waals surface area contributed by atoms with Crippen molar-refractivity contribution in [3.8, 4) is 0 Å². The quantitative estimate of drug-likeness (QED) is 0.635. The average molecular weight is 354 g/mol. The zero-order valence-corrected chi connectivity index (χ0v) is 14.0. The molecule has 2 aromatic heterocycles. The minimum Gasteiger partial charge on any atom is -0.383 e. The van der Waals surface area contributed by atoms with Gasteiger partial charge in [0.1, 0.15) is 5.65 Å². The molecular weight excluding hydrogens is 334 g/mol. The molecule has 0 saturated heterocycles. The Labute approximate surface area is 132 Å². The number of hydrogen-bond donors (Lipinski definition) is 2. The highest BCUT2D eigenvalue weighted by Crippen LogP contribution is 2.12. The standard InChI is InChI=1S/C14H20BrN5O/c1-10(9-21-3)18-14(16-2)17-6-12-8-20-7-11(15)4-5-13(20)19-12/h4-5,7-8,10H,6,9H2,1-3H3,(H2,16,17,18). The van der Waals surface area contributed by atoms with Gasteiger partial charge >= 0.3 is 0 Å². The maximum absolute atomic E-state index is 5.10. The summed E-state index contributed by atoms with van der Waals surface area (Å²) in [5.74, 6) is 0.734. The van der Waals surface area contributed by atoms with Crippen LogP contribution in [-0.4, -0.2) is 42.2 Å². The van der Waals surface area contributed by atoms with Gasteiger partial charge in [0, 0.05) is 37.1 Å². The first kappa shape index (κ1) is 15.8. The maximum atomic E-state index is 5.10. The van der Waals surface area contributed by atoms with E-state index in [4.69, 9.17) is 4.74 Å². The molecule has 2 N–H and O–H groups in total. The smallest absolute Gasteiger partial charge is 0.191 e. The molecule has 1 unspecified atom stereocenters. The zero-order valence-electron chi connectivity index (χ0n) is 12.4. The molecule has 0 radical (unpaired) electrons. The predicted octanol–water partition coefficient (Wildman–Crippen LogP) is 1.80. The van der Waals surface area contributed by atoms with Crippen molar-refractivity contribution in [1.82, 2.24) is 20.0 Å².